The standard InChI is InChI=1S/C20H22BrClO4/c1-3-14-4-6-16(7-5-14)20(25-8-9-26-20)17-11-18(21)15(10-19(17)22)12-24-13-23-2/h4-7,10-11H,3,8-9,12-13H2,1-2H3. The van der Waals surface area contributed by atoms with Crippen molar-refractivity contribution in [1.29, 1.82) is 0 Å². The van der Waals surface area contributed by atoms with Gasteiger partial charge in [0, 0.05) is 27.7 Å². The van der Waals surface area contributed by atoms with E-state index in [1.165, 1.54) is 5.56 Å². The summed E-state index contributed by atoms with van der Waals surface area (Å²) in [5.41, 5.74) is 3.91. The van der Waals surface area contributed by atoms with Gasteiger partial charge < -0.3 is 18.9 Å². The fraction of sp³-hybridized carbons (Fsp3) is 0.400. The topological polar surface area (TPSA) is 36.9 Å². The van der Waals surface area contributed by atoms with E-state index in [0.717, 1.165) is 27.6 Å². The van der Waals surface area contributed by atoms with E-state index in [1.807, 2.05) is 24.3 Å². The van der Waals surface area contributed by atoms with E-state index in [1.54, 1.807) is 7.11 Å². The first kappa shape index (κ1) is 19.8. The molecule has 1 aliphatic heterocycles. The van der Waals surface area contributed by atoms with Crippen LogP contribution in [0.2, 0.25) is 5.02 Å². The molecule has 140 valence electrons. The van der Waals surface area contributed by atoms with E-state index >= 15 is 0 Å². The fourth-order valence-corrected chi connectivity index (χ4v) is 3.80. The first-order valence-electron chi connectivity index (χ1n) is 8.53. The van der Waals surface area contributed by atoms with E-state index in [2.05, 4.69) is 35.0 Å². The van der Waals surface area contributed by atoms with Gasteiger partial charge in [0.1, 0.15) is 6.79 Å². The minimum Gasteiger partial charge on any atom is -0.359 e. The Morgan fingerprint density at radius 3 is 2.46 bits per heavy atom. The fourth-order valence-electron chi connectivity index (χ4n) is 3.04. The van der Waals surface area contributed by atoms with Crippen LogP contribution in [0.15, 0.2) is 40.9 Å². The lowest BCUT2D eigenvalue weighted by molar-refractivity contribution is -0.129. The molecule has 0 aliphatic carbocycles. The predicted molar refractivity (Wildman–Crippen MR) is 104 cm³/mol. The Kier molecular flexibility index (Phi) is 6.72. The molecule has 1 saturated heterocycles. The van der Waals surface area contributed by atoms with E-state index < -0.39 is 5.79 Å². The van der Waals surface area contributed by atoms with Gasteiger partial charge in [-0.1, -0.05) is 58.7 Å². The van der Waals surface area contributed by atoms with Crippen molar-refractivity contribution in [2.75, 3.05) is 27.1 Å². The van der Waals surface area contributed by atoms with Crippen molar-refractivity contribution in [2.45, 2.75) is 25.7 Å². The third kappa shape index (κ3) is 3.98. The molecule has 1 fully saturated rings. The van der Waals surface area contributed by atoms with Crippen LogP contribution in [0.5, 0.6) is 0 Å². The van der Waals surface area contributed by atoms with Gasteiger partial charge in [-0.25, -0.2) is 0 Å². The Hall–Kier alpha value is -0.950. The van der Waals surface area contributed by atoms with Gasteiger partial charge in [0.05, 0.1) is 19.8 Å². The van der Waals surface area contributed by atoms with Crippen molar-refractivity contribution in [3.05, 3.63) is 68.1 Å². The largest absolute Gasteiger partial charge is 0.359 e. The quantitative estimate of drug-likeness (QED) is 0.446. The van der Waals surface area contributed by atoms with Crippen molar-refractivity contribution in [1.82, 2.24) is 0 Å². The van der Waals surface area contributed by atoms with Crippen LogP contribution in [0.4, 0.5) is 0 Å². The molecule has 0 N–H and O–H groups in total. The summed E-state index contributed by atoms with van der Waals surface area (Å²) in [5.74, 6) is -0.988. The van der Waals surface area contributed by atoms with Gasteiger partial charge in [0.2, 0.25) is 5.79 Å². The molecule has 0 saturated carbocycles. The molecule has 1 heterocycles. The summed E-state index contributed by atoms with van der Waals surface area (Å²) in [6.07, 6.45) is 0.984. The second-order valence-corrected chi connectivity index (χ2v) is 7.30. The first-order valence-corrected chi connectivity index (χ1v) is 9.70. The summed E-state index contributed by atoms with van der Waals surface area (Å²) in [6.45, 7) is 3.79. The highest BCUT2D eigenvalue weighted by molar-refractivity contribution is 9.10. The molecular formula is C20H22BrClO4. The van der Waals surface area contributed by atoms with E-state index in [0.29, 0.717) is 24.8 Å². The summed E-state index contributed by atoms with van der Waals surface area (Å²) in [4.78, 5) is 0. The number of halogens is 2. The molecule has 1 aliphatic rings. The molecule has 0 radical (unpaired) electrons. The monoisotopic (exact) mass is 440 g/mol. The minimum atomic E-state index is -0.988. The Morgan fingerprint density at radius 2 is 1.85 bits per heavy atom. The van der Waals surface area contributed by atoms with Crippen LogP contribution in [0.1, 0.15) is 29.2 Å². The van der Waals surface area contributed by atoms with Crippen LogP contribution >= 0.6 is 27.5 Å². The zero-order valence-corrected chi connectivity index (χ0v) is 17.2. The lowest BCUT2D eigenvalue weighted by atomic mass is 9.95. The Bertz CT molecular complexity index is 742. The highest BCUT2D eigenvalue weighted by Gasteiger charge is 2.42. The molecule has 0 amide bonds. The van der Waals surface area contributed by atoms with Gasteiger partial charge in [-0.05, 0) is 29.7 Å². The van der Waals surface area contributed by atoms with E-state index in [4.69, 9.17) is 30.5 Å². The van der Waals surface area contributed by atoms with Gasteiger partial charge in [-0.15, -0.1) is 0 Å². The highest BCUT2D eigenvalue weighted by Crippen LogP contribution is 2.43. The summed E-state index contributed by atoms with van der Waals surface area (Å²) < 4.78 is 23.4. The Balaban J connectivity index is 1.98. The molecule has 0 atom stereocenters. The predicted octanol–water partition coefficient (Wildman–Crippen LogP) is 5.03. The van der Waals surface area contributed by atoms with Crippen LogP contribution in [0.25, 0.3) is 0 Å². The normalized spacial score (nSPS) is 16.2. The second kappa shape index (κ2) is 8.83. The number of methoxy groups -OCH3 is 1. The van der Waals surface area contributed by atoms with Gasteiger partial charge in [0.25, 0.3) is 0 Å². The molecule has 6 heteroatoms. The van der Waals surface area contributed by atoms with Gasteiger partial charge in [0.15, 0.2) is 0 Å². The van der Waals surface area contributed by atoms with Gasteiger partial charge in [-0.3, -0.25) is 0 Å². The summed E-state index contributed by atoms with van der Waals surface area (Å²) >= 11 is 10.2. The number of rotatable bonds is 7. The van der Waals surface area contributed by atoms with Crippen molar-refractivity contribution >= 4 is 27.5 Å². The maximum Gasteiger partial charge on any atom is 0.224 e. The lowest BCUT2D eigenvalue weighted by Crippen LogP contribution is -2.29. The number of benzene rings is 2. The van der Waals surface area contributed by atoms with Crippen molar-refractivity contribution in [3.63, 3.8) is 0 Å². The third-order valence-electron chi connectivity index (χ3n) is 4.39. The van der Waals surface area contributed by atoms with Gasteiger partial charge >= 0.3 is 0 Å². The van der Waals surface area contributed by atoms with Crippen LogP contribution < -0.4 is 0 Å². The number of hydrogen-bond donors (Lipinski definition) is 0. The molecule has 0 aromatic heterocycles. The van der Waals surface area contributed by atoms with Crippen LogP contribution in [0, 0.1) is 0 Å². The molecular weight excluding hydrogens is 420 g/mol. The van der Waals surface area contributed by atoms with Gasteiger partial charge in [-0.2, -0.15) is 0 Å². The molecule has 0 bridgehead atoms. The number of ether oxygens (including phenoxy) is 4. The molecule has 2 aromatic rings. The summed E-state index contributed by atoms with van der Waals surface area (Å²) in [5, 5.41) is 0.575. The average Bonchev–Trinajstić information content (AvgIpc) is 3.15. The number of aryl methyl sites for hydroxylation is 1. The van der Waals surface area contributed by atoms with E-state index in [9.17, 15) is 0 Å². The second-order valence-electron chi connectivity index (χ2n) is 6.04. The van der Waals surface area contributed by atoms with Crippen LogP contribution in [-0.4, -0.2) is 27.1 Å². The van der Waals surface area contributed by atoms with Crippen molar-refractivity contribution < 1.29 is 18.9 Å². The molecule has 26 heavy (non-hydrogen) atoms. The molecule has 0 unspecified atom stereocenters. The average molecular weight is 442 g/mol. The lowest BCUT2D eigenvalue weighted by Gasteiger charge is -2.30. The molecule has 3 rings (SSSR count). The molecule has 0 spiro atoms. The third-order valence-corrected chi connectivity index (χ3v) is 5.44. The SMILES string of the molecule is CCc1ccc(C2(c3cc(Br)c(COCOC)cc3Cl)OCCO2)cc1. The van der Waals surface area contributed by atoms with E-state index in [-0.39, 0.29) is 6.79 Å². The maximum atomic E-state index is 6.62. The van der Waals surface area contributed by atoms with Crippen molar-refractivity contribution in [3.8, 4) is 0 Å². The number of hydrogen-bond acceptors (Lipinski definition) is 4. The zero-order valence-electron chi connectivity index (χ0n) is 14.9. The summed E-state index contributed by atoms with van der Waals surface area (Å²) in [6, 6.07) is 12.1. The smallest absolute Gasteiger partial charge is 0.224 e. The van der Waals surface area contributed by atoms with Crippen LogP contribution in [0.3, 0.4) is 0 Å². The van der Waals surface area contributed by atoms with Crippen LogP contribution in [-0.2, 0) is 37.8 Å². The highest BCUT2D eigenvalue weighted by atomic mass is 79.9. The minimum absolute atomic E-state index is 0.228. The molecule has 2 aromatic carbocycles. The van der Waals surface area contributed by atoms with Crippen molar-refractivity contribution in [2.24, 2.45) is 0 Å². The first-order chi connectivity index (χ1) is 12.6. The maximum absolute atomic E-state index is 6.62. The Morgan fingerprint density at radius 1 is 1.15 bits per heavy atom. The zero-order chi connectivity index (χ0) is 18.6. The molecule has 4 nitrogen and oxygen atoms in total. The summed E-state index contributed by atoms with van der Waals surface area (Å²) in [7, 11) is 1.59. The Labute approximate surface area is 167 Å².